The molecule has 0 fully saturated rings. The number of aromatic nitrogens is 3. The summed E-state index contributed by atoms with van der Waals surface area (Å²) in [5.74, 6) is 0.939. The Morgan fingerprint density at radius 2 is 1.65 bits per heavy atom. The van der Waals surface area contributed by atoms with E-state index >= 15 is 0 Å². The van der Waals surface area contributed by atoms with E-state index in [1.54, 1.807) is 0 Å². The van der Waals surface area contributed by atoms with Gasteiger partial charge in [-0.2, -0.15) is 0 Å². The summed E-state index contributed by atoms with van der Waals surface area (Å²) in [6.07, 6.45) is 8.64. The first-order chi connectivity index (χ1) is 12.7. The van der Waals surface area contributed by atoms with E-state index in [1.165, 1.54) is 48.9 Å². The number of hydrogen-bond acceptors (Lipinski definition) is 3. The maximum atomic E-state index is 10.5. The topological polar surface area (TPSA) is 50.9 Å². The van der Waals surface area contributed by atoms with Crippen LogP contribution in [0.4, 0.5) is 0 Å². The van der Waals surface area contributed by atoms with Crippen molar-refractivity contribution in [3.05, 3.63) is 48.0 Å². The van der Waals surface area contributed by atoms with Crippen LogP contribution in [0, 0.1) is 5.92 Å². The Hall–Kier alpha value is -2.36. The second-order valence-electron chi connectivity index (χ2n) is 7.16. The highest BCUT2D eigenvalue weighted by Gasteiger charge is 2.13. The van der Waals surface area contributed by atoms with Crippen LogP contribution in [0.3, 0.4) is 0 Å². The molecule has 0 saturated carbocycles. The number of rotatable bonds is 9. The maximum Gasteiger partial charge on any atom is 0.143 e. The van der Waals surface area contributed by atoms with Crippen LogP contribution < -0.4 is 0 Å². The lowest BCUT2D eigenvalue weighted by Crippen LogP contribution is -2.06. The van der Waals surface area contributed by atoms with Gasteiger partial charge in [0.25, 0.3) is 0 Å². The summed E-state index contributed by atoms with van der Waals surface area (Å²) >= 11 is 0. The zero-order valence-corrected chi connectivity index (χ0v) is 15.9. The lowest BCUT2D eigenvalue weighted by Gasteiger charge is -2.16. The summed E-state index contributed by atoms with van der Waals surface area (Å²) < 4.78 is 0. The third-order valence-electron chi connectivity index (χ3n) is 4.98. The van der Waals surface area contributed by atoms with E-state index in [0.29, 0.717) is 11.6 Å². The van der Waals surface area contributed by atoms with Crippen LogP contribution in [-0.4, -0.2) is 20.1 Å². The number of nitrogens with zero attached hydrogens (tertiary/aromatic N) is 3. The second-order valence-corrected chi connectivity index (χ2v) is 7.16. The Morgan fingerprint density at radius 3 is 2.27 bits per heavy atom. The fraction of sp³-hybridized carbons (Fsp3) is 0.455. The third kappa shape index (κ3) is 4.43. The Kier molecular flexibility index (Phi) is 6.26. The quantitative estimate of drug-likeness (QED) is 0.506. The Morgan fingerprint density at radius 1 is 0.923 bits per heavy atom. The van der Waals surface area contributed by atoms with E-state index in [2.05, 4.69) is 30.1 Å². The largest absolute Gasteiger partial charge is 0.506 e. The summed E-state index contributed by atoms with van der Waals surface area (Å²) in [5, 5.41) is 19.4. The highest BCUT2D eigenvalue weighted by Crippen LogP contribution is 2.27. The van der Waals surface area contributed by atoms with Crippen molar-refractivity contribution in [2.24, 2.45) is 5.92 Å². The molecule has 0 aliphatic carbocycles. The standard InChI is InChI=1S/C22H29N3O/c1-3-5-6-10-17(9-4-2)15-18-13-14-21(22(26)16-18)25-23-19-11-7-8-12-20(19)24-25/h7-8,11-14,16-17,26H,3-6,9-10,15H2,1-2H3. The monoisotopic (exact) mass is 351 g/mol. The van der Waals surface area contributed by atoms with Crippen LogP contribution in [0.25, 0.3) is 16.7 Å². The molecule has 1 unspecified atom stereocenters. The second kappa shape index (κ2) is 8.84. The van der Waals surface area contributed by atoms with Gasteiger partial charge in [0, 0.05) is 0 Å². The van der Waals surface area contributed by atoms with Crippen LogP contribution in [0.15, 0.2) is 42.5 Å². The predicted molar refractivity (Wildman–Crippen MR) is 107 cm³/mol. The van der Waals surface area contributed by atoms with Gasteiger partial charge in [-0.15, -0.1) is 15.0 Å². The molecule has 3 aromatic rings. The number of phenols is 1. The van der Waals surface area contributed by atoms with Crippen LogP contribution in [0.5, 0.6) is 5.75 Å². The van der Waals surface area contributed by atoms with E-state index in [-0.39, 0.29) is 5.75 Å². The molecule has 0 aliphatic rings. The van der Waals surface area contributed by atoms with Crippen molar-refractivity contribution in [2.75, 3.05) is 0 Å². The average Bonchev–Trinajstić information content (AvgIpc) is 3.06. The van der Waals surface area contributed by atoms with Gasteiger partial charge < -0.3 is 5.11 Å². The van der Waals surface area contributed by atoms with Crippen molar-refractivity contribution in [3.8, 4) is 11.4 Å². The minimum atomic E-state index is 0.242. The minimum absolute atomic E-state index is 0.242. The molecule has 138 valence electrons. The summed E-state index contributed by atoms with van der Waals surface area (Å²) in [6, 6.07) is 13.6. The lowest BCUT2D eigenvalue weighted by molar-refractivity contribution is 0.420. The Bertz CT molecular complexity index is 807. The number of aromatic hydroxyl groups is 1. The molecule has 1 atom stereocenters. The smallest absolute Gasteiger partial charge is 0.143 e. The third-order valence-corrected chi connectivity index (χ3v) is 4.98. The molecule has 26 heavy (non-hydrogen) atoms. The van der Waals surface area contributed by atoms with Crippen molar-refractivity contribution in [1.82, 2.24) is 15.0 Å². The molecule has 1 heterocycles. The van der Waals surface area contributed by atoms with Crippen LogP contribution >= 0.6 is 0 Å². The van der Waals surface area contributed by atoms with Gasteiger partial charge >= 0.3 is 0 Å². The number of benzene rings is 2. The van der Waals surface area contributed by atoms with E-state index in [4.69, 9.17) is 0 Å². The molecule has 0 radical (unpaired) electrons. The van der Waals surface area contributed by atoms with Gasteiger partial charge in [0.2, 0.25) is 0 Å². The number of unbranched alkanes of at least 4 members (excludes halogenated alkanes) is 2. The zero-order valence-electron chi connectivity index (χ0n) is 15.9. The van der Waals surface area contributed by atoms with Gasteiger partial charge in [-0.05, 0) is 42.2 Å². The molecule has 1 aromatic heterocycles. The molecule has 3 rings (SSSR count). The van der Waals surface area contributed by atoms with Crippen LogP contribution in [-0.2, 0) is 6.42 Å². The van der Waals surface area contributed by atoms with E-state index < -0.39 is 0 Å². The molecule has 0 bridgehead atoms. The molecule has 1 N–H and O–H groups in total. The van der Waals surface area contributed by atoms with Crippen molar-refractivity contribution in [3.63, 3.8) is 0 Å². The molecular weight excluding hydrogens is 322 g/mol. The number of fused-ring (bicyclic) bond motifs is 1. The number of hydrogen-bond donors (Lipinski definition) is 1. The predicted octanol–water partition coefficient (Wildman–Crippen LogP) is 5.67. The first-order valence-electron chi connectivity index (χ1n) is 9.85. The summed E-state index contributed by atoms with van der Waals surface area (Å²) in [7, 11) is 0. The summed E-state index contributed by atoms with van der Waals surface area (Å²) in [6.45, 7) is 4.50. The zero-order chi connectivity index (χ0) is 18.4. The van der Waals surface area contributed by atoms with Crippen molar-refractivity contribution < 1.29 is 5.11 Å². The van der Waals surface area contributed by atoms with Gasteiger partial charge in [0.05, 0.1) is 0 Å². The molecule has 0 aliphatic heterocycles. The molecule has 4 nitrogen and oxygen atoms in total. The van der Waals surface area contributed by atoms with Gasteiger partial charge in [-0.25, -0.2) is 0 Å². The highest BCUT2D eigenvalue weighted by atomic mass is 16.3. The fourth-order valence-electron chi connectivity index (χ4n) is 3.61. The highest BCUT2D eigenvalue weighted by molar-refractivity contribution is 5.73. The maximum absolute atomic E-state index is 10.5. The summed E-state index contributed by atoms with van der Waals surface area (Å²) in [4.78, 5) is 1.52. The Labute approximate surface area is 155 Å². The molecule has 0 spiro atoms. The van der Waals surface area contributed by atoms with E-state index in [9.17, 15) is 5.11 Å². The van der Waals surface area contributed by atoms with Crippen molar-refractivity contribution >= 4 is 11.0 Å². The molecule has 2 aromatic carbocycles. The first-order valence-corrected chi connectivity index (χ1v) is 9.85. The normalized spacial score (nSPS) is 12.5. The van der Waals surface area contributed by atoms with Gasteiger partial charge in [0.15, 0.2) is 0 Å². The number of phenolic OH excluding ortho intramolecular Hbond substituents is 1. The SMILES string of the molecule is CCCCCC(CCC)Cc1ccc(-n2nc3ccccc3n2)c(O)c1. The fourth-order valence-corrected chi connectivity index (χ4v) is 3.61. The molecular formula is C22H29N3O. The van der Waals surface area contributed by atoms with Gasteiger partial charge in [0.1, 0.15) is 22.5 Å². The van der Waals surface area contributed by atoms with Crippen molar-refractivity contribution in [1.29, 1.82) is 0 Å². The molecule has 0 saturated heterocycles. The molecule has 4 heteroatoms. The van der Waals surface area contributed by atoms with Crippen molar-refractivity contribution in [2.45, 2.75) is 58.8 Å². The lowest BCUT2D eigenvalue weighted by atomic mass is 9.90. The minimum Gasteiger partial charge on any atom is -0.506 e. The van der Waals surface area contributed by atoms with E-state index in [1.807, 2.05) is 36.4 Å². The summed E-state index contributed by atoms with van der Waals surface area (Å²) in [5.41, 5.74) is 3.48. The van der Waals surface area contributed by atoms with Crippen LogP contribution in [0.2, 0.25) is 0 Å². The van der Waals surface area contributed by atoms with Crippen LogP contribution in [0.1, 0.15) is 57.9 Å². The average molecular weight is 351 g/mol. The van der Waals surface area contributed by atoms with E-state index in [0.717, 1.165) is 17.5 Å². The Balaban J connectivity index is 1.75. The molecule has 0 amide bonds. The van der Waals surface area contributed by atoms with Gasteiger partial charge in [-0.1, -0.05) is 70.6 Å². The van der Waals surface area contributed by atoms with Gasteiger partial charge in [-0.3, -0.25) is 0 Å². The first kappa shape index (κ1) is 18.4.